The number of hydrogen-bond acceptors (Lipinski definition) is 4. The molecule has 2 aromatic carbocycles. The van der Waals surface area contributed by atoms with Crippen LogP contribution in [0.5, 0.6) is 5.75 Å². The van der Waals surface area contributed by atoms with Crippen molar-refractivity contribution in [3.05, 3.63) is 67.7 Å². The lowest BCUT2D eigenvalue weighted by atomic mass is 9.94. The third-order valence-electron chi connectivity index (χ3n) is 7.26. The number of carbonyl (C=O) groups is 1. The molecular weight excluding hydrogens is 575 g/mol. The molecule has 0 aromatic heterocycles. The van der Waals surface area contributed by atoms with E-state index in [4.69, 9.17) is 21.3 Å². The van der Waals surface area contributed by atoms with Gasteiger partial charge in [-0.3, -0.25) is 14.7 Å². The summed E-state index contributed by atoms with van der Waals surface area (Å²) in [6.07, 6.45) is 13.5. The lowest BCUT2D eigenvalue weighted by molar-refractivity contribution is -0.124. The second-order valence-corrected chi connectivity index (χ2v) is 12.3. The van der Waals surface area contributed by atoms with Crippen LogP contribution >= 0.6 is 39.3 Å². The fraction of sp³-hybridized carbons (Fsp3) is 0.448. The number of thioether (sulfide) groups is 1. The predicted molar refractivity (Wildman–Crippen MR) is 153 cm³/mol. The fourth-order valence-corrected chi connectivity index (χ4v) is 7.39. The van der Waals surface area contributed by atoms with Gasteiger partial charge < -0.3 is 4.74 Å². The third-order valence-corrected chi connectivity index (χ3v) is 9.13. The molecule has 3 aliphatic rings. The van der Waals surface area contributed by atoms with Gasteiger partial charge in [0.25, 0.3) is 5.91 Å². The van der Waals surface area contributed by atoms with Crippen LogP contribution < -0.4 is 4.74 Å². The normalized spacial score (nSPS) is 21.8. The molecule has 0 radical (unpaired) electrons. The van der Waals surface area contributed by atoms with Gasteiger partial charge in [-0.05, 0) is 94.8 Å². The zero-order valence-electron chi connectivity index (χ0n) is 20.7. The van der Waals surface area contributed by atoms with Gasteiger partial charge in [-0.1, -0.05) is 62.3 Å². The highest BCUT2D eigenvalue weighted by molar-refractivity contribution is 9.10. The summed E-state index contributed by atoms with van der Waals surface area (Å²) < 4.78 is 19.8. The van der Waals surface area contributed by atoms with E-state index in [0.29, 0.717) is 26.2 Å². The van der Waals surface area contributed by atoms with E-state index in [-0.39, 0.29) is 24.4 Å². The van der Waals surface area contributed by atoms with Crippen molar-refractivity contribution in [1.82, 2.24) is 4.90 Å². The maximum Gasteiger partial charge on any atom is 0.266 e. The van der Waals surface area contributed by atoms with Crippen LogP contribution in [0.1, 0.15) is 75.3 Å². The SMILES string of the molecule is O=C1C(=Cc2cc(Cl)c(OCc3ccc(F)cc3)c(Br)c2)SC(=NC2CCCCC2)N1C1CCCCC1. The summed E-state index contributed by atoms with van der Waals surface area (Å²) in [6.45, 7) is 0.269. The molecule has 37 heavy (non-hydrogen) atoms. The van der Waals surface area contributed by atoms with E-state index < -0.39 is 0 Å². The Kier molecular flexibility index (Phi) is 8.93. The van der Waals surface area contributed by atoms with Gasteiger partial charge in [-0.15, -0.1) is 0 Å². The molecule has 2 aliphatic carbocycles. The molecule has 2 aromatic rings. The molecule has 8 heteroatoms. The van der Waals surface area contributed by atoms with Gasteiger partial charge in [0.15, 0.2) is 10.9 Å². The summed E-state index contributed by atoms with van der Waals surface area (Å²) in [4.78, 5) is 21.4. The van der Waals surface area contributed by atoms with Crippen molar-refractivity contribution in [3.8, 4) is 5.75 Å². The minimum atomic E-state index is -0.284. The van der Waals surface area contributed by atoms with E-state index in [1.54, 1.807) is 12.1 Å². The molecule has 0 atom stereocenters. The van der Waals surface area contributed by atoms with Crippen LogP contribution in [0, 0.1) is 5.82 Å². The second kappa shape index (κ2) is 12.4. The second-order valence-electron chi connectivity index (χ2n) is 10.0. The number of rotatable bonds is 6. The number of amides is 1. The highest BCUT2D eigenvalue weighted by Gasteiger charge is 2.39. The molecule has 1 saturated heterocycles. The van der Waals surface area contributed by atoms with Crippen LogP contribution in [0.25, 0.3) is 6.08 Å². The van der Waals surface area contributed by atoms with Gasteiger partial charge in [0.05, 0.1) is 20.4 Å². The molecule has 1 aliphatic heterocycles. The topological polar surface area (TPSA) is 41.9 Å². The Balaban J connectivity index is 1.37. The van der Waals surface area contributed by atoms with Gasteiger partial charge >= 0.3 is 0 Å². The molecule has 0 unspecified atom stereocenters. The number of aliphatic imine (C=N–C) groups is 1. The van der Waals surface area contributed by atoms with E-state index in [2.05, 4.69) is 15.9 Å². The standard InChI is InChI=1S/C29H31BrClFN2O2S/c30-24-15-20(16-25(31)27(24)36-18-19-11-13-21(32)14-12-19)17-26-28(35)34(23-9-5-2-6-10-23)29(37-26)33-22-7-3-1-4-8-22/h11-17,22-23H,1-10,18H2. The van der Waals surface area contributed by atoms with E-state index >= 15 is 0 Å². The van der Waals surface area contributed by atoms with Crippen LogP contribution in [-0.2, 0) is 11.4 Å². The number of amidine groups is 1. The summed E-state index contributed by atoms with van der Waals surface area (Å²) in [7, 11) is 0. The van der Waals surface area contributed by atoms with Crippen molar-refractivity contribution in [2.75, 3.05) is 0 Å². The number of hydrogen-bond donors (Lipinski definition) is 0. The van der Waals surface area contributed by atoms with Crippen molar-refractivity contribution >= 4 is 56.4 Å². The summed E-state index contributed by atoms with van der Waals surface area (Å²) in [5.41, 5.74) is 1.67. The Morgan fingerprint density at radius 1 is 1.05 bits per heavy atom. The molecule has 196 valence electrons. The van der Waals surface area contributed by atoms with Crippen LogP contribution in [-0.4, -0.2) is 28.1 Å². The quantitative estimate of drug-likeness (QED) is 0.309. The molecule has 2 saturated carbocycles. The first-order chi connectivity index (χ1) is 18.0. The summed E-state index contributed by atoms with van der Waals surface area (Å²) in [5.74, 6) is 0.283. The molecule has 1 amide bonds. The molecule has 0 N–H and O–H groups in total. The van der Waals surface area contributed by atoms with Crippen molar-refractivity contribution < 1.29 is 13.9 Å². The minimum Gasteiger partial charge on any atom is -0.486 e. The van der Waals surface area contributed by atoms with E-state index in [1.807, 2.05) is 23.1 Å². The molecular formula is C29H31BrClFN2O2S. The summed E-state index contributed by atoms with van der Waals surface area (Å²) >= 11 is 11.7. The smallest absolute Gasteiger partial charge is 0.266 e. The molecule has 3 fully saturated rings. The van der Waals surface area contributed by atoms with Crippen molar-refractivity contribution in [2.45, 2.75) is 82.9 Å². The highest BCUT2D eigenvalue weighted by atomic mass is 79.9. The van der Waals surface area contributed by atoms with E-state index in [9.17, 15) is 9.18 Å². The predicted octanol–water partition coefficient (Wildman–Crippen LogP) is 8.76. The molecule has 5 rings (SSSR count). The maximum atomic E-state index is 13.6. The average Bonchev–Trinajstić information content (AvgIpc) is 3.19. The van der Waals surface area contributed by atoms with Crippen molar-refractivity contribution in [2.24, 2.45) is 4.99 Å². The van der Waals surface area contributed by atoms with Crippen LogP contribution in [0.4, 0.5) is 4.39 Å². The number of ether oxygens (including phenoxy) is 1. The Labute approximate surface area is 235 Å². The van der Waals surface area contributed by atoms with Gasteiger partial charge in [0.1, 0.15) is 12.4 Å². The molecule has 4 nitrogen and oxygen atoms in total. The molecule has 1 heterocycles. The first kappa shape index (κ1) is 26.8. The molecule has 0 spiro atoms. The van der Waals surface area contributed by atoms with E-state index in [1.165, 1.54) is 49.6 Å². The van der Waals surface area contributed by atoms with Crippen molar-refractivity contribution in [3.63, 3.8) is 0 Å². The fourth-order valence-electron chi connectivity index (χ4n) is 5.29. The van der Waals surface area contributed by atoms with Gasteiger partial charge in [0.2, 0.25) is 0 Å². The Morgan fingerprint density at radius 3 is 2.41 bits per heavy atom. The lowest BCUT2D eigenvalue weighted by Crippen LogP contribution is -2.41. The Hall–Kier alpha value is -1.83. The maximum absolute atomic E-state index is 13.6. The van der Waals surface area contributed by atoms with Crippen LogP contribution in [0.15, 0.2) is 50.8 Å². The summed E-state index contributed by atoms with van der Waals surface area (Å²) in [6, 6.07) is 10.5. The third kappa shape index (κ3) is 6.61. The van der Waals surface area contributed by atoms with Crippen LogP contribution in [0.2, 0.25) is 5.02 Å². The van der Waals surface area contributed by atoms with Gasteiger partial charge in [-0.2, -0.15) is 0 Å². The average molecular weight is 606 g/mol. The minimum absolute atomic E-state index is 0.0512. The monoisotopic (exact) mass is 604 g/mol. The van der Waals surface area contributed by atoms with Crippen LogP contribution in [0.3, 0.4) is 0 Å². The van der Waals surface area contributed by atoms with Gasteiger partial charge in [0, 0.05) is 6.04 Å². The van der Waals surface area contributed by atoms with Crippen molar-refractivity contribution in [1.29, 1.82) is 0 Å². The number of nitrogens with zero attached hydrogens (tertiary/aromatic N) is 2. The van der Waals surface area contributed by atoms with E-state index in [0.717, 1.165) is 54.8 Å². The highest BCUT2D eigenvalue weighted by Crippen LogP contribution is 2.40. The molecule has 0 bridgehead atoms. The first-order valence-corrected chi connectivity index (χ1v) is 15.1. The first-order valence-electron chi connectivity index (χ1n) is 13.1. The summed E-state index contributed by atoms with van der Waals surface area (Å²) in [5, 5.41) is 1.32. The zero-order valence-corrected chi connectivity index (χ0v) is 23.9. The van der Waals surface area contributed by atoms with Gasteiger partial charge in [-0.25, -0.2) is 4.39 Å². The Bertz CT molecular complexity index is 1170. The number of benzene rings is 2. The Morgan fingerprint density at radius 2 is 1.73 bits per heavy atom. The number of halogens is 3. The number of carbonyl (C=O) groups excluding carboxylic acids is 1. The lowest BCUT2D eigenvalue weighted by Gasteiger charge is -2.31. The zero-order chi connectivity index (χ0) is 25.8. The largest absolute Gasteiger partial charge is 0.486 e.